The summed E-state index contributed by atoms with van der Waals surface area (Å²) in [5, 5.41) is 0. The molecule has 1 nitrogen and oxygen atoms in total. The number of thiophene rings is 3. The molecule has 0 amide bonds. The van der Waals surface area contributed by atoms with Gasteiger partial charge in [0, 0.05) is 40.6 Å². The number of rotatable bonds is 8. The largest absolute Gasteiger partial charge is 0.469 e. The quantitative estimate of drug-likeness (QED) is 0.236. The van der Waals surface area contributed by atoms with E-state index >= 15 is 0 Å². The first kappa shape index (κ1) is 22.7. The van der Waals surface area contributed by atoms with Gasteiger partial charge in [-0.15, -0.1) is 34.0 Å². The molecule has 1 aliphatic rings. The molecule has 0 unspecified atom stereocenters. The summed E-state index contributed by atoms with van der Waals surface area (Å²) in [6.07, 6.45) is 12.7. The first-order chi connectivity index (χ1) is 16.2. The summed E-state index contributed by atoms with van der Waals surface area (Å²) in [5.41, 5.74) is 1.34. The van der Waals surface area contributed by atoms with Crippen LogP contribution in [-0.2, 0) is 19.3 Å². The van der Waals surface area contributed by atoms with Gasteiger partial charge in [-0.05, 0) is 84.3 Å². The van der Waals surface area contributed by atoms with E-state index in [9.17, 15) is 0 Å². The van der Waals surface area contributed by atoms with Crippen molar-refractivity contribution in [3.63, 3.8) is 0 Å². The minimum Gasteiger partial charge on any atom is -0.469 e. The zero-order valence-corrected chi connectivity index (χ0v) is 22.1. The van der Waals surface area contributed by atoms with E-state index in [4.69, 9.17) is 4.42 Å². The maximum atomic E-state index is 5.69. The average Bonchev–Trinajstić information content (AvgIpc) is 3.66. The van der Waals surface area contributed by atoms with Gasteiger partial charge in [0.1, 0.15) is 5.76 Å². The van der Waals surface area contributed by atoms with Gasteiger partial charge in [-0.1, -0.05) is 37.8 Å². The van der Waals surface area contributed by atoms with Gasteiger partial charge in [-0.3, -0.25) is 0 Å². The lowest BCUT2D eigenvalue weighted by Crippen LogP contribution is -1.89. The predicted octanol–water partition coefficient (Wildman–Crippen LogP) is 9.94. The molecule has 4 aromatic rings. The van der Waals surface area contributed by atoms with E-state index in [0.29, 0.717) is 0 Å². The van der Waals surface area contributed by atoms with Crippen molar-refractivity contribution in [2.24, 2.45) is 0 Å². The topological polar surface area (TPSA) is 13.1 Å². The third-order valence-electron chi connectivity index (χ3n) is 5.59. The van der Waals surface area contributed by atoms with Gasteiger partial charge < -0.3 is 4.42 Å². The molecule has 4 aromatic heterocycles. The smallest absolute Gasteiger partial charge is 0.108 e. The molecule has 0 fully saturated rings. The molecule has 0 radical (unpaired) electrons. The van der Waals surface area contributed by atoms with Crippen molar-refractivity contribution in [2.45, 2.75) is 39.5 Å². The van der Waals surface area contributed by atoms with E-state index in [-0.39, 0.29) is 0 Å². The maximum Gasteiger partial charge on any atom is 0.108 e. The number of allylic oxidation sites excluding steroid dienone is 4. The SMILES string of the molecule is CCc1ccc(C2=CC/C(=C(\C=C\c3ccc(-c4ccc(CC)s4)s3)Cc3ccco3)S2)s1. The lowest BCUT2D eigenvalue weighted by Gasteiger charge is -2.06. The molecular formula is C28H26OS4. The Labute approximate surface area is 212 Å². The first-order valence-electron chi connectivity index (χ1n) is 11.3. The standard InChI is InChI=1S/C28H26OS4/c1-3-21-9-12-25(30-21)26-14-11-23(32-26)8-7-19(18-20-6-5-17-29-20)24-15-16-28(33-24)27-13-10-22(4-2)31-27/h5-14,16-17H,3-4,15,18H2,1-2H3/b8-7+,24-19-. The molecule has 0 N–H and O–H groups in total. The second kappa shape index (κ2) is 10.5. The van der Waals surface area contributed by atoms with Crippen LogP contribution in [0.3, 0.4) is 0 Å². The third-order valence-corrected chi connectivity index (χ3v) is 10.7. The van der Waals surface area contributed by atoms with Gasteiger partial charge in [0.2, 0.25) is 0 Å². The molecule has 5 heterocycles. The monoisotopic (exact) mass is 506 g/mol. The molecular weight excluding hydrogens is 481 g/mol. The van der Waals surface area contributed by atoms with Crippen LogP contribution in [0, 0.1) is 0 Å². The van der Waals surface area contributed by atoms with E-state index in [2.05, 4.69) is 74.5 Å². The highest BCUT2D eigenvalue weighted by Crippen LogP contribution is 2.46. The Balaban J connectivity index is 1.37. The van der Waals surface area contributed by atoms with Gasteiger partial charge >= 0.3 is 0 Å². The van der Waals surface area contributed by atoms with Crippen LogP contribution in [-0.4, -0.2) is 0 Å². The molecule has 5 heteroatoms. The summed E-state index contributed by atoms with van der Waals surface area (Å²) < 4.78 is 5.69. The molecule has 1 aliphatic heterocycles. The Kier molecular flexibility index (Phi) is 7.21. The lowest BCUT2D eigenvalue weighted by molar-refractivity contribution is 0.520. The van der Waals surface area contributed by atoms with Crippen LogP contribution in [0.1, 0.15) is 45.5 Å². The average molecular weight is 507 g/mol. The fourth-order valence-corrected chi connectivity index (χ4v) is 7.88. The van der Waals surface area contributed by atoms with Crippen molar-refractivity contribution in [3.8, 4) is 9.75 Å². The van der Waals surface area contributed by atoms with Crippen LogP contribution >= 0.6 is 45.8 Å². The second-order valence-electron chi connectivity index (χ2n) is 7.85. The van der Waals surface area contributed by atoms with Crippen molar-refractivity contribution in [2.75, 3.05) is 0 Å². The lowest BCUT2D eigenvalue weighted by atomic mass is 10.1. The number of thioether (sulfide) groups is 1. The van der Waals surface area contributed by atoms with Crippen molar-refractivity contribution in [1.29, 1.82) is 0 Å². The minimum absolute atomic E-state index is 0.820. The van der Waals surface area contributed by atoms with Gasteiger partial charge in [-0.25, -0.2) is 0 Å². The Bertz CT molecular complexity index is 1310. The van der Waals surface area contributed by atoms with E-state index in [1.54, 1.807) is 6.26 Å². The summed E-state index contributed by atoms with van der Waals surface area (Å²) in [6, 6.07) is 17.6. The Morgan fingerprint density at radius 2 is 1.61 bits per heavy atom. The molecule has 0 saturated carbocycles. The van der Waals surface area contributed by atoms with E-state index < -0.39 is 0 Å². The molecule has 0 aliphatic carbocycles. The van der Waals surface area contributed by atoms with Crippen molar-refractivity contribution >= 4 is 56.8 Å². The van der Waals surface area contributed by atoms with Gasteiger partial charge in [0.15, 0.2) is 0 Å². The summed E-state index contributed by atoms with van der Waals surface area (Å²) in [7, 11) is 0. The molecule has 168 valence electrons. The van der Waals surface area contributed by atoms with E-state index in [1.807, 2.05) is 51.8 Å². The zero-order chi connectivity index (χ0) is 22.6. The fraction of sp³-hybridized carbons (Fsp3) is 0.214. The molecule has 0 atom stereocenters. The van der Waals surface area contributed by atoms with Crippen molar-refractivity contribution < 1.29 is 4.42 Å². The Hall–Kier alpha value is -2.05. The Morgan fingerprint density at radius 3 is 2.33 bits per heavy atom. The van der Waals surface area contributed by atoms with Crippen LogP contribution in [0.15, 0.2) is 81.8 Å². The highest BCUT2D eigenvalue weighted by Gasteiger charge is 2.18. The summed E-state index contributed by atoms with van der Waals surface area (Å²) in [6.45, 7) is 4.44. The third kappa shape index (κ3) is 5.38. The van der Waals surface area contributed by atoms with Crippen LogP contribution < -0.4 is 0 Å². The molecule has 0 aromatic carbocycles. The highest BCUT2D eigenvalue weighted by atomic mass is 32.2. The molecule has 0 spiro atoms. The summed E-state index contributed by atoms with van der Waals surface area (Å²) in [4.78, 5) is 11.1. The number of aryl methyl sites for hydroxylation is 2. The van der Waals surface area contributed by atoms with Crippen LogP contribution in [0.5, 0.6) is 0 Å². The van der Waals surface area contributed by atoms with Crippen LogP contribution in [0.4, 0.5) is 0 Å². The maximum absolute atomic E-state index is 5.69. The van der Waals surface area contributed by atoms with Crippen molar-refractivity contribution in [3.05, 3.63) is 103 Å². The van der Waals surface area contributed by atoms with Crippen molar-refractivity contribution in [1.82, 2.24) is 0 Å². The van der Waals surface area contributed by atoms with Crippen LogP contribution in [0.2, 0.25) is 0 Å². The molecule has 5 rings (SSSR count). The molecule has 33 heavy (non-hydrogen) atoms. The molecule has 0 bridgehead atoms. The molecule has 0 saturated heterocycles. The predicted molar refractivity (Wildman–Crippen MR) is 149 cm³/mol. The number of hydrogen-bond donors (Lipinski definition) is 0. The Morgan fingerprint density at radius 1 is 0.879 bits per heavy atom. The number of hydrogen-bond acceptors (Lipinski definition) is 5. The fourth-order valence-electron chi connectivity index (χ4n) is 3.76. The van der Waals surface area contributed by atoms with Crippen LogP contribution in [0.25, 0.3) is 20.7 Å². The number of furan rings is 1. The highest BCUT2D eigenvalue weighted by molar-refractivity contribution is 8.12. The van der Waals surface area contributed by atoms with E-state index in [0.717, 1.165) is 31.4 Å². The minimum atomic E-state index is 0.820. The van der Waals surface area contributed by atoms with Gasteiger partial charge in [0.25, 0.3) is 0 Å². The normalized spacial score (nSPS) is 15.5. The van der Waals surface area contributed by atoms with Gasteiger partial charge in [-0.2, -0.15) is 0 Å². The van der Waals surface area contributed by atoms with E-state index in [1.165, 1.54) is 44.6 Å². The summed E-state index contributed by atoms with van der Waals surface area (Å²) >= 11 is 7.61. The second-order valence-corrected chi connectivity index (χ2v) is 12.4. The first-order valence-corrected chi connectivity index (χ1v) is 14.6. The van der Waals surface area contributed by atoms with Gasteiger partial charge in [0.05, 0.1) is 6.26 Å². The zero-order valence-electron chi connectivity index (χ0n) is 18.8. The summed E-state index contributed by atoms with van der Waals surface area (Å²) in [5.74, 6) is 1.01.